The number of carboxylic acids is 1. The highest BCUT2D eigenvalue weighted by Gasteiger charge is 2.20. The number of rotatable bonds is 13. The summed E-state index contributed by atoms with van der Waals surface area (Å²) in [5.74, 6) is -2.11. The van der Waals surface area contributed by atoms with Gasteiger partial charge in [0.1, 0.15) is 12.6 Å². The number of alkyl carbamates (subject to hydrolysis) is 1. The molecular formula is C20H28N2O7. The van der Waals surface area contributed by atoms with Crippen LogP contribution in [0.1, 0.15) is 44.1 Å². The minimum absolute atomic E-state index is 0.0250. The minimum atomic E-state index is -1.19. The molecule has 0 saturated heterocycles. The number of methoxy groups -OCH3 is 1. The van der Waals surface area contributed by atoms with E-state index in [4.69, 9.17) is 9.84 Å². The predicted molar refractivity (Wildman–Crippen MR) is 104 cm³/mol. The van der Waals surface area contributed by atoms with Crippen LogP contribution in [0.5, 0.6) is 0 Å². The number of unbranched alkanes of at least 4 members (excludes halogenated alkanes) is 2. The molecule has 2 amide bonds. The Bertz CT molecular complexity index is 664. The maximum atomic E-state index is 11.9. The summed E-state index contributed by atoms with van der Waals surface area (Å²) in [4.78, 5) is 45.7. The molecule has 0 unspecified atom stereocenters. The molecule has 0 bridgehead atoms. The van der Waals surface area contributed by atoms with Gasteiger partial charge in [0.15, 0.2) is 0 Å². The first-order valence-electron chi connectivity index (χ1n) is 9.46. The zero-order valence-corrected chi connectivity index (χ0v) is 16.5. The topological polar surface area (TPSA) is 131 Å². The van der Waals surface area contributed by atoms with Gasteiger partial charge in [-0.3, -0.25) is 9.59 Å². The molecule has 0 radical (unpaired) electrons. The van der Waals surface area contributed by atoms with E-state index in [9.17, 15) is 19.2 Å². The molecule has 0 heterocycles. The van der Waals surface area contributed by atoms with Gasteiger partial charge in [-0.05, 0) is 24.8 Å². The van der Waals surface area contributed by atoms with Crippen LogP contribution in [0.2, 0.25) is 0 Å². The maximum Gasteiger partial charge on any atom is 0.407 e. The lowest BCUT2D eigenvalue weighted by atomic mass is 10.1. The van der Waals surface area contributed by atoms with Crippen molar-refractivity contribution in [3.63, 3.8) is 0 Å². The Morgan fingerprint density at radius 3 is 2.41 bits per heavy atom. The molecule has 9 heteroatoms. The van der Waals surface area contributed by atoms with Gasteiger partial charge >= 0.3 is 18.0 Å². The summed E-state index contributed by atoms with van der Waals surface area (Å²) in [7, 11) is 1.22. The number of amides is 2. The fourth-order valence-corrected chi connectivity index (χ4v) is 2.44. The van der Waals surface area contributed by atoms with Crippen molar-refractivity contribution >= 4 is 23.9 Å². The van der Waals surface area contributed by atoms with E-state index in [1.54, 1.807) is 0 Å². The molecule has 1 aromatic rings. The first-order chi connectivity index (χ1) is 13.9. The average molecular weight is 408 g/mol. The number of hydrogen-bond donors (Lipinski definition) is 3. The maximum absolute atomic E-state index is 11.9. The van der Waals surface area contributed by atoms with Gasteiger partial charge in [-0.25, -0.2) is 9.59 Å². The van der Waals surface area contributed by atoms with Crippen molar-refractivity contribution < 1.29 is 33.8 Å². The quantitative estimate of drug-likeness (QED) is 0.336. The fourth-order valence-electron chi connectivity index (χ4n) is 2.44. The van der Waals surface area contributed by atoms with Crippen LogP contribution >= 0.6 is 0 Å². The van der Waals surface area contributed by atoms with Gasteiger partial charge in [0, 0.05) is 19.4 Å². The van der Waals surface area contributed by atoms with E-state index in [0.29, 0.717) is 25.8 Å². The summed E-state index contributed by atoms with van der Waals surface area (Å²) < 4.78 is 9.54. The second kappa shape index (κ2) is 14.0. The van der Waals surface area contributed by atoms with Crippen LogP contribution < -0.4 is 10.6 Å². The first-order valence-corrected chi connectivity index (χ1v) is 9.46. The van der Waals surface area contributed by atoms with E-state index in [1.807, 2.05) is 30.3 Å². The molecule has 9 nitrogen and oxygen atoms in total. The van der Waals surface area contributed by atoms with Crippen molar-refractivity contribution in [1.29, 1.82) is 0 Å². The van der Waals surface area contributed by atoms with Gasteiger partial charge in [-0.2, -0.15) is 0 Å². The number of aliphatic carboxylic acids is 1. The monoisotopic (exact) mass is 408 g/mol. The minimum Gasteiger partial charge on any atom is -0.480 e. The van der Waals surface area contributed by atoms with E-state index < -0.39 is 30.0 Å². The number of carbonyl (C=O) groups excluding carboxylic acids is 3. The summed E-state index contributed by atoms with van der Waals surface area (Å²) in [6.07, 6.45) is 1.46. The molecule has 1 atom stereocenters. The summed E-state index contributed by atoms with van der Waals surface area (Å²) >= 11 is 0. The zero-order valence-electron chi connectivity index (χ0n) is 16.5. The summed E-state index contributed by atoms with van der Waals surface area (Å²) in [6, 6.07) is 8.22. The van der Waals surface area contributed by atoms with E-state index >= 15 is 0 Å². The van der Waals surface area contributed by atoms with Gasteiger partial charge in [-0.15, -0.1) is 0 Å². The Kier molecular flexibility index (Phi) is 11.5. The molecular weight excluding hydrogens is 380 g/mol. The summed E-state index contributed by atoms with van der Waals surface area (Å²) in [5.41, 5.74) is 0.903. The van der Waals surface area contributed by atoms with E-state index in [0.717, 1.165) is 5.56 Å². The summed E-state index contributed by atoms with van der Waals surface area (Å²) in [6.45, 7) is 0.625. The largest absolute Gasteiger partial charge is 0.480 e. The zero-order chi connectivity index (χ0) is 21.5. The molecule has 1 rings (SSSR count). The highest BCUT2D eigenvalue weighted by molar-refractivity contribution is 5.84. The normalized spacial score (nSPS) is 11.2. The van der Waals surface area contributed by atoms with Crippen molar-refractivity contribution in [3.05, 3.63) is 35.9 Å². The Morgan fingerprint density at radius 1 is 1.03 bits per heavy atom. The molecule has 0 spiro atoms. The number of carbonyl (C=O) groups is 4. The molecule has 1 aromatic carbocycles. The number of nitrogens with one attached hydrogen (secondary N) is 2. The van der Waals surface area contributed by atoms with Crippen LogP contribution in [0.3, 0.4) is 0 Å². The lowest BCUT2D eigenvalue weighted by molar-refractivity contribution is -0.144. The lowest BCUT2D eigenvalue weighted by Gasteiger charge is -2.13. The standard InChI is InChI=1S/C20H28N2O7/c1-28-18(24)12-11-16(19(25)26)22-17(23)10-6-3-7-13-21-20(27)29-14-15-8-4-2-5-9-15/h2,4-5,8-9,16H,3,6-7,10-14H2,1H3,(H,21,27)(H,22,23)(H,25,26)/t16-/m0/s1. The van der Waals surface area contributed by atoms with Crippen LogP contribution in [0, 0.1) is 0 Å². The Hall–Kier alpha value is -3.10. The molecule has 0 aliphatic heterocycles. The second-order valence-corrected chi connectivity index (χ2v) is 6.37. The number of ether oxygens (including phenoxy) is 2. The number of esters is 1. The van der Waals surface area contributed by atoms with Gasteiger partial charge in [-0.1, -0.05) is 36.8 Å². The van der Waals surface area contributed by atoms with Crippen LogP contribution in [-0.4, -0.2) is 48.7 Å². The van der Waals surface area contributed by atoms with Gasteiger partial charge in [0.2, 0.25) is 5.91 Å². The van der Waals surface area contributed by atoms with Crippen molar-refractivity contribution in [2.24, 2.45) is 0 Å². The molecule has 160 valence electrons. The number of carboxylic acid groups (broad SMARTS) is 1. The predicted octanol–water partition coefficient (Wildman–Crippen LogP) is 2.00. The SMILES string of the molecule is COC(=O)CC[C@H](NC(=O)CCCCCNC(=O)OCc1ccccc1)C(=O)O. The molecule has 0 aliphatic carbocycles. The summed E-state index contributed by atoms with van der Waals surface area (Å²) in [5, 5.41) is 14.1. The molecule has 0 aliphatic rings. The van der Waals surface area contributed by atoms with Crippen molar-refractivity contribution in [3.8, 4) is 0 Å². The fraction of sp³-hybridized carbons (Fsp3) is 0.500. The van der Waals surface area contributed by atoms with Crippen LogP contribution in [-0.2, 0) is 30.5 Å². The molecule has 0 fully saturated rings. The van der Waals surface area contributed by atoms with Gasteiger partial charge < -0.3 is 25.2 Å². The highest BCUT2D eigenvalue weighted by Crippen LogP contribution is 2.04. The lowest BCUT2D eigenvalue weighted by Crippen LogP contribution is -2.41. The van der Waals surface area contributed by atoms with Crippen molar-refractivity contribution in [1.82, 2.24) is 10.6 Å². The van der Waals surface area contributed by atoms with Crippen LogP contribution in [0.4, 0.5) is 4.79 Å². The van der Waals surface area contributed by atoms with E-state index in [2.05, 4.69) is 15.4 Å². The molecule has 0 saturated carbocycles. The van der Waals surface area contributed by atoms with Gasteiger partial charge in [0.05, 0.1) is 7.11 Å². The van der Waals surface area contributed by atoms with Crippen molar-refractivity contribution in [2.45, 2.75) is 51.2 Å². The highest BCUT2D eigenvalue weighted by atomic mass is 16.5. The van der Waals surface area contributed by atoms with Gasteiger partial charge in [0.25, 0.3) is 0 Å². The van der Waals surface area contributed by atoms with Crippen LogP contribution in [0.25, 0.3) is 0 Å². The third-order valence-corrected chi connectivity index (χ3v) is 4.06. The smallest absolute Gasteiger partial charge is 0.407 e. The Balaban J connectivity index is 2.10. The Labute approximate surface area is 169 Å². The second-order valence-electron chi connectivity index (χ2n) is 6.37. The van der Waals surface area contributed by atoms with E-state index in [-0.39, 0.29) is 25.9 Å². The first kappa shape index (κ1) is 23.9. The molecule has 29 heavy (non-hydrogen) atoms. The Morgan fingerprint density at radius 2 is 1.76 bits per heavy atom. The number of hydrogen-bond acceptors (Lipinski definition) is 6. The third kappa shape index (κ3) is 11.4. The molecule has 3 N–H and O–H groups in total. The van der Waals surface area contributed by atoms with Crippen molar-refractivity contribution in [2.75, 3.05) is 13.7 Å². The van der Waals surface area contributed by atoms with E-state index in [1.165, 1.54) is 7.11 Å². The average Bonchev–Trinajstić information content (AvgIpc) is 2.72. The number of benzene rings is 1. The van der Waals surface area contributed by atoms with Crippen LogP contribution in [0.15, 0.2) is 30.3 Å². The molecule has 0 aromatic heterocycles. The third-order valence-electron chi connectivity index (χ3n) is 4.06.